The standard InChI is InChI=1S/C16H31N3O2/c1-6-17-15(18-11-14(20)21-16(3,4)5)19-13-9-7-8-12(2)10-13/h12-13H,6-11H2,1-5H3,(H2,17,18,19). The molecule has 0 heterocycles. The molecular weight excluding hydrogens is 266 g/mol. The monoisotopic (exact) mass is 297 g/mol. The first kappa shape index (κ1) is 17.8. The zero-order chi connectivity index (χ0) is 15.9. The molecule has 0 saturated heterocycles. The molecule has 1 rings (SSSR count). The number of aliphatic imine (C=N–C) groups is 1. The Hall–Kier alpha value is -1.26. The third-order valence-electron chi connectivity index (χ3n) is 3.41. The molecule has 0 bridgehead atoms. The number of nitrogens with one attached hydrogen (secondary N) is 2. The minimum absolute atomic E-state index is 0.0505. The van der Waals surface area contributed by atoms with Crippen LogP contribution in [-0.4, -0.2) is 36.7 Å². The summed E-state index contributed by atoms with van der Waals surface area (Å²) >= 11 is 0. The van der Waals surface area contributed by atoms with E-state index in [2.05, 4.69) is 22.5 Å². The van der Waals surface area contributed by atoms with Crippen molar-refractivity contribution < 1.29 is 9.53 Å². The third-order valence-corrected chi connectivity index (χ3v) is 3.41. The van der Waals surface area contributed by atoms with Gasteiger partial charge in [0.2, 0.25) is 0 Å². The minimum atomic E-state index is -0.461. The molecule has 2 unspecified atom stereocenters. The Kier molecular flexibility index (Phi) is 6.99. The summed E-state index contributed by atoms with van der Waals surface area (Å²) in [6.07, 6.45) is 4.89. The van der Waals surface area contributed by atoms with Crippen molar-refractivity contribution in [2.45, 2.75) is 71.9 Å². The number of nitrogens with zero attached hydrogens (tertiary/aromatic N) is 1. The summed E-state index contributed by atoms with van der Waals surface area (Å²) in [5.74, 6) is 1.17. The van der Waals surface area contributed by atoms with Gasteiger partial charge in [-0.05, 0) is 46.5 Å². The molecule has 0 aromatic rings. The van der Waals surface area contributed by atoms with E-state index in [0.29, 0.717) is 12.0 Å². The first-order valence-corrected chi connectivity index (χ1v) is 8.07. The second kappa shape index (κ2) is 8.25. The third kappa shape index (κ3) is 7.93. The maximum atomic E-state index is 11.7. The summed E-state index contributed by atoms with van der Waals surface area (Å²) in [5.41, 5.74) is -0.461. The van der Waals surface area contributed by atoms with Gasteiger partial charge < -0.3 is 15.4 Å². The lowest BCUT2D eigenvalue weighted by Gasteiger charge is -2.28. The van der Waals surface area contributed by atoms with Crippen LogP contribution in [0.5, 0.6) is 0 Å². The van der Waals surface area contributed by atoms with Crippen LogP contribution in [0.15, 0.2) is 4.99 Å². The summed E-state index contributed by atoms with van der Waals surface area (Å²) in [7, 11) is 0. The fourth-order valence-electron chi connectivity index (χ4n) is 2.60. The van der Waals surface area contributed by atoms with E-state index in [1.165, 1.54) is 19.3 Å². The fourth-order valence-corrected chi connectivity index (χ4v) is 2.60. The second-order valence-electron chi connectivity index (χ2n) is 6.89. The van der Waals surface area contributed by atoms with Crippen LogP contribution >= 0.6 is 0 Å². The predicted octanol–water partition coefficient (Wildman–Crippen LogP) is 2.46. The van der Waals surface area contributed by atoms with Crippen molar-refractivity contribution in [1.29, 1.82) is 0 Å². The topological polar surface area (TPSA) is 62.7 Å². The van der Waals surface area contributed by atoms with E-state index in [-0.39, 0.29) is 12.5 Å². The van der Waals surface area contributed by atoms with E-state index in [9.17, 15) is 4.79 Å². The number of rotatable bonds is 4. The van der Waals surface area contributed by atoms with E-state index in [1.54, 1.807) is 0 Å². The van der Waals surface area contributed by atoms with E-state index in [1.807, 2.05) is 27.7 Å². The van der Waals surface area contributed by atoms with Crippen molar-refractivity contribution in [3.63, 3.8) is 0 Å². The first-order chi connectivity index (χ1) is 9.80. The highest BCUT2D eigenvalue weighted by Gasteiger charge is 2.20. The average Bonchev–Trinajstić information content (AvgIpc) is 2.34. The molecule has 0 radical (unpaired) electrons. The summed E-state index contributed by atoms with van der Waals surface area (Å²) in [4.78, 5) is 16.1. The number of hydrogen-bond acceptors (Lipinski definition) is 3. The number of carbonyl (C=O) groups excluding carboxylic acids is 1. The van der Waals surface area contributed by atoms with Gasteiger partial charge >= 0.3 is 5.97 Å². The Morgan fingerprint density at radius 1 is 1.33 bits per heavy atom. The Bertz CT molecular complexity index is 361. The fraction of sp³-hybridized carbons (Fsp3) is 0.875. The SMILES string of the molecule is CCNC(=NCC(=O)OC(C)(C)C)NC1CCCC(C)C1. The molecule has 5 heteroatoms. The van der Waals surface area contributed by atoms with Gasteiger partial charge in [0.15, 0.2) is 5.96 Å². The molecule has 0 aromatic heterocycles. The molecule has 122 valence electrons. The molecular formula is C16H31N3O2. The highest BCUT2D eigenvalue weighted by molar-refractivity contribution is 5.83. The lowest BCUT2D eigenvalue weighted by atomic mass is 9.87. The van der Waals surface area contributed by atoms with Crippen LogP contribution in [-0.2, 0) is 9.53 Å². The van der Waals surface area contributed by atoms with Crippen LogP contribution < -0.4 is 10.6 Å². The molecule has 2 N–H and O–H groups in total. The molecule has 1 aliphatic rings. The molecule has 0 amide bonds. The number of hydrogen-bond donors (Lipinski definition) is 2. The van der Waals surface area contributed by atoms with E-state index < -0.39 is 5.60 Å². The summed E-state index contributed by atoms with van der Waals surface area (Å²) < 4.78 is 5.27. The molecule has 1 saturated carbocycles. The Balaban J connectivity index is 2.51. The van der Waals surface area contributed by atoms with Crippen LogP contribution in [0.25, 0.3) is 0 Å². The van der Waals surface area contributed by atoms with Crippen molar-refractivity contribution in [3.05, 3.63) is 0 Å². The van der Waals surface area contributed by atoms with Gasteiger partial charge in [0.1, 0.15) is 12.1 Å². The van der Waals surface area contributed by atoms with Crippen molar-refractivity contribution in [1.82, 2.24) is 10.6 Å². The normalized spacial score (nSPS) is 23.6. The van der Waals surface area contributed by atoms with Crippen molar-refractivity contribution >= 4 is 11.9 Å². The Morgan fingerprint density at radius 3 is 2.62 bits per heavy atom. The van der Waals surface area contributed by atoms with Gasteiger partial charge in [-0.25, -0.2) is 4.99 Å². The van der Waals surface area contributed by atoms with Gasteiger partial charge in [-0.15, -0.1) is 0 Å². The van der Waals surface area contributed by atoms with Gasteiger partial charge in [0.25, 0.3) is 0 Å². The Labute approximate surface area is 128 Å². The zero-order valence-corrected chi connectivity index (χ0v) is 14.2. The van der Waals surface area contributed by atoms with Crippen LogP contribution in [0.3, 0.4) is 0 Å². The van der Waals surface area contributed by atoms with Gasteiger partial charge in [0, 0.05) is 12.6 Å². The van der Waals surface area contributed by atoms with E-state index >= 15 is 0 Å². The van der Waals surface area contributed by atoms with Gasteiger partial charge in [-0.3, -0.25) is 4.79 Å². The number of carbonyl (C=O) groups is 1. The van der Waals surface area contributed by atoms with Crippen molar-refractivity contribution in [3.8, 4) is 0 Å². The lowest BCUT2D eigenvalue weighted by Crippen LogP contribution is -2.45. The highest BCUT2D eigenvalue weighted by Crippen LogP contribution is 2.23. The van der Waals surface area contributed by atoms with Gasteiger partial charge in [-0.2, -0.15) is 0 Å². The number of esters is 1. The number of ether oxygens (including phenoxy) is 1. The van der Waals surface area contributed by atoms with Crippen LogP contribution in [0, 0.1) is 5.92 Å². The van der Waals surface area contributed by atoms with Gasteiger partial charge in [-0.1, -0.05) is 19.8 Å². The van der Waals surface area contributed by atoms with Crippen LogP contribution in [0.1, 0.15) is 60.3 Å². The molecule has 0 aromatic carbocycles. The minimum Gasteiger partial charge on any atom is -0.459 e. The predicted molar refractivity (Wildman–Crippen MR) is 86.4 cm³/mol. The first-order valence-electron chi connectivity index (χ1n) is 8.07. The average molecular weight is 297 g/mol. The molecule has 2 atom stereocenters. The smallest absolute Gasteiger partial charge is 0.328 e. The van der Waals surface area contributed by atoms with Crippen LogP contribution in [0.2, 0.25) is 0 Å². The molecule has 1 fully saturated rings. The van der Waals surface area contributed by atoms with Crippen molar-refractivity contribution in [2.24, 2.45) is 10.9 Å². The second-order valence-corrected chi connectivity index (χ2v) is 6.89. The quantitative estimate of drug-likeness (QED) is 0.475. The Morgan fingerprint density at radius 2 is 2.05 bits per heavy atom. The maximum Gasteiger partial charge on any atom is 0.328 e. The summed E-state index contributed by atoms with van der Waals surface area (Å²) in [6.45, 7) is 10.7. The molecule has 0 aliphatic heterocycles. The molecule has 1 aliphatic carbocycles. The van der Waals surface area contributed by atoms with Gasteiger partial charge in [0.05, 0.1) is 0 Å². The molecule has 0 spiro atoms. The van der Waals surface area contributed by atoms with E-state index in [4.69, 9.17) is 4.74 Å². The van der Waals surface area contributed by atoms with Crippen LogP contribution in [0.4, 0.5) is 0 Å². The molecule has 21 heavy (non-hydrogen) atoms. The lowest BCUT2D eigenvalue weighted by molar-refractivity contribution is -0.152. The summed E-state index contributed by atoms with van der Waals surface area (Å²) in [5, 5.41) is 6.63. The maximum absolute atomic E-state index is 11.7. The zero-order valence-electron chi connectivity index (χ0n) is 14.2. The largest absolute Gasteiger partial charge is 0.459 e. The van der Waals surface area contributed by atoms with E-state index in [0.717, 1.165) is 18.9 Å². The highest BCUT2D eigenvalue weighted by atomic mass is 16.6. The number of guanidine groups is 1. The summed E-state index contributed by atoms with van der Waals surface area (Å²) in [6, 6.07) is 0.449. The molecule has 5 nitrogen and oxygen atoms in total. The van der Waals surface area contributed by atoms with Crippen molar-refractivity contribution in [2.75, 3.05) is 13.1 Å².